The van der Waals surface area contributed by atoms with Crippen LogP contribution in [0.2, 0.25) is 0 Å². The first-order chi connectivity index (χ1) is 10.8. The lowest BCUT2D eigenvalue weighted by atomic mass is 10.2. The van der Waals surface area contributed by atoms with Crippen molar-refractivity contribution in [1.29, 1.82) is 0 Å². The zero-order valence-electron chi connectivity index (χ0n) is 13.4. The molecule has 1 aromatic carbocycles. The molecule has 0 aliphatic carbocycles. The maximum absolute atomic E-state index is 4.61. The molecule has 22 heavy (non-hydrogen) atoms. The van der Waals surface area contributed by atoms with Gasteiger partial charge < -0.3 is 10.6 Å². The summed E-state index contributed by atoms with van der Waals surface area (Å²) in [7, 11) is 0. The van der Waals surface area contributed by atoms with E-state index < -0.39 is 0 Å². The molecule has 2 rings (SSSR count). The van der Waals surface area contributed by atoms with Crippen LogP contribution in [0.3, 0.4) is 0 Å². The molecule has 2 N–H and O–H groups in total. The van der Waals surface area contributed by atoms with E-state index in [1.54, 1.807) is 0 Å². The zero-order chi connectivity index (χ0) is 15.6. The minimum atomic E-state index is 0.778. The number of guanidine groups is 1. The van der Waals surface area contributed by atoms with Gasteiger partial charge in [0, 0.05) is 25.8 Å². The minimum Gasteiger partial charge on any atom is -0.357 e. The van der Waals surface area contributed by atoms with Crippen molar-refractivity contribution in [1.82, 2.24) is 20.4 Å². The average Bonchev–Trinajstić information content (AvgIpc) is 2.94. The van der Waals surface area contributed by atoms with Crippen molar-refractivity contribution >= 4 is 5.96 Å². The van der Waals surface area contributed by atoms with Gasteiger partial charge in [0.05, 0.1) is 12.7 Å². The summed E-state index contributed by atoms with van der Waals surface area (Å²) in [5.41, 5.74) is 2.50. The molecule has 0 radical (unpaired) electrons. The number of aromatic nitrogens is 2. The van der Waals surface area contributed by atoms with Crippen LogP contribution >= 0.6 is 0 Å². The van der Waals surface area contributed by atoms with Crippen LogP contribution in [0.15, 0.2) is 47.7 Å². The molecular weight excluding hydrogens is 274 g/mol. The van der Waals surface area contributed by atoms with Crippen LogP contribution in [0, 0.1) is 6.92 Å². The number of hydrogen-bond donors (Lipinski definition) is 2. The van der Waals surface area contributed by atoms with E-state index in [9.17, 15) is 0 Å². The lowest BCUT2D eigenvalue weighted by Gasteiger charge is -2.11. The summed E-state index contributed by atoms with van der Waals surface area (Å²) in [6, 6.07) is 10.4. The molecule has 0 aliphatic heterocycles. The van der Waals surface area contributed by atoms with Crippen molar-refractivity contribution in [3.63, 3.8) is 0 Å². The average molecular weight is 299 g/mol. The third-order valence-corrected chi connectivity index (χ3v) is 3.25. The lowest BCUT2D eigenvalue weighted by Crippen LogP contribution is -2.39. The Morgan fingerprint density at radius 3 is 2.73 bits per heavy atom. The molecule has 5 nitrogen and oxygen atoms in total. The predicted octanol–water partition coefficient (Wildman–Crippen LogP) is 1.99. The molecule has 0 fully saturated rings. The SMILES string of the molecule is CCNC(=NCCc1ccccc1)NCCn1cc(C)cn1. The van der Waals surface area contributed by atoms with E-state index in [1.165, 1.54) is 11.1 Å². The number of benzene rings is 1. The van der Waals surface area contributed by atoms with E-state index in [1.807, 2.05) is 30.1 Å². The maximum Gasteiger partial charge on any atom is 0.191 e. The Labute approximate surface area is 132 Å². The normalized spacial score (nSPS) is 11.5. The van der Waals surface area contributed by atoms with Gasteiger partial charge in [-0.15, -0.1) is 0 Å². The standard InChI is InChI=1S/C17H25N5/c1-3-18-17(19-10-9-16-7-5-4-6-8-16)20-11-12-22-14-15(2)13-21-22/h4-8,13-14H,3,9-12H2,1-2H3,(H2,18,19,20). The Kier molecular flexibility index (Phi) is 6.48. The van der Waals surface area contributed by atoms with Gasteiger partial charge in [0.15, 0.2) is 5.96 Å². The molecular formula is C17H25N5. The van der Waals surface area contributed by atoms with Gasteiger partial charge in [-0.1, -0.05) is 30.3 Å². The number of rotatable bonds is 7. The molecule has 118 valence electrons. The lowest BCUT2D eigenvalue weighted by molar-refractivity contribution is 0.597. The highest BCUT2D eigenvalue weighted by Gasteiger charge is 1.98. The zero-order valence-corrected chi connectivity index (χ0v) is 13.4. The molecule has 0 aliphatic rings. The Morgan fingerprint density at radius 1 is 1.23 bits per heavy atom. The molecule has 0 unspecified atom stereocenters. The summed E-state index contributed by atoms with van der Waals surface area (Å²) in [5, 5.41) is 10.9. The molecule has 0 bridgehead atoms. The first kappa shape index (κ1) is 16.1. The summed E-state index contributed by atoms with van der Waals surface area (Å²) in [6.45, 7) is 7.39. The van der Waals surface area contributed by atoms with Crippen molar-refractivity contribution < 1.29 is 0 Å². The highest BCUT2D eigenvalue weighted by atomic mass is 15.3. The van der Waals surface area contributed by atoms with Crippen molar-refractivity contribution in [2.75, 3.05) is 19.6 Å². The molecule has 0 atom stereocenters. The van der Waals surface area contributed by atoms with Crippen LogP contribution in [0.4, 0.5) is 0 Å². The second-order valence-corrected chi connectivity index (χ2v) is 5.20. The van der Waals surface area contributed by atoms with Crippen LogP contribution in [0.5, 0.6) is 0 Å². The first-order valence-corrected chi connectivity index (χ1v) is 7.83. The van der Waals surface area contributed by atoms with E-state index >= 15 is 0 Å². The van der Waals surface area contributed by atoms with Gasteiger partial charge in [-0.3, -0.25) is 9.67 Å². The Balaban J connectivity index is 1.77. The number of aliphatic imine (C=N–C) groups is 1. The minimum absolute atomic E-state index is 0.778. The number of nitrogens with zero attached hydrogens (tertiary/aromatic N) is 3. The fourth-order valence-corrected chi connectivity index (χ4v) is 2.16. The van der Waals surface area contributed by atoms with Gasteiger partial charge in [0.2, 0.25) is 0 Å². The Morgan fingerprint density at radius 2 is 2.05 bits per heavy atom. The van der Waals surface area contributed by atoms with E-state index in [4.69, 9.17) is 0 Å². The molecule has 0 amide bonds. The molecule has 1 aromatic heterocycles. The molecule has 1 heterocycles. The summed E-state index contributed by atoms with van der Waals surface area (Å²) in [4.78, 5) is 4.61. The fourth-order valence-electron chi connectivity index (χ4n) is 2.16. The van der Waals surface area contributed by atoms with Gasteiger partial charge in [-0.2, -0.15) is 5.10 Å². The van der Waals surface area contributed by atoms with Gasteiger partial charge in [-0.05, 0) is 31.4 Å². The van der Waals surface area contributed by atoms with Crippen LogP contribution in [0.25, 0.3) is 0 Å². The van der Waals surface area contributed by atoms with Crippen molar-refractivity contribution in [2.45, 2.75) is 26.8 Å². The van der Waals surface area contributed by atoms with Crippen LogP contribution < -0.4 is 10.6 Å². The van der Waals surface area contributed by atoms with E-state index in [0.717, 1.165) is 38.6 Å². The fraction of sp³-hybridized carbons (Fsp3) is 0.412. The van der Waals surface area contributed by atoms with Crippen LogP contribution in [-0.2, 0) is 13.0 Å². The largest absolute Gasteiger partial charge is 0.357 e. The quantitative estimate of drug-likeness (QED) is 0.607. The second-order valence-electron chi connectivity index (χ2n) is 5.20. The second kappa shape index (κ2) is 8.87. The van der Waals surface area contributed by atoms with E-state index in [-0.39, 0.29) is 0 Å². The number of aryl methyl sites for hydroxylation is 1. The Hall–Kier alpha value is -2.30. The highest BCUT2D eigenvalue weighted by molar-refractivity contribution is 5.79. The summed E-state index contributed by atoms with van der Waals surface area (Å²) in [5.74, 6) is 0.863. The number of nitrogens with one attached hydrogen (secondary N) is 2. The van der Waals surface area contributed by atoms with Crippen molar-refractivity contribution in [3.05, 3.63) is 53.9 Å². The van der Waals surface area contributed by atoms with Gasteiger partial charge in [0.25, 0.3) is 0 Å². The topological polar surface area (TPSA) is 54.2 Å². The Bertz CT molecular complexity index is 574. The van der Waals surface area contributed by atoms with Crippen molar-refractivity contribution in [2.24, 2.45) is 4.99 Å². The number of hydrogen-bond acceptors (Lipinski definition) is 2. The highest BCUT2D eigenvalue weighted by Crippen LogP contribution is 1.99. The third kappa shape index (κ3) is 5.60. The molecule has 0 saturated carbocycles. The van der Waals surface area contributed by atoms with E-state index in [0.29, 0.717) is 0 Å². The summed E-state index contributed by atoms with van der Waals surface area (Å²) >= 11 is 0. The maximum atomic E-state index is 4.61. The predicted molar refractivity (Wildman–Crippen MR) is 91.1 cm³/mol. The van der Waals surface area contributed by atoms with Crippen LogP contribution in [0.1, 0.15) is 18.1 Å². The summed E-state index contributed by atoms with van der Waals surface area (Å²) < 4.78 is 1.94. The van der Waals surface area contributed by atoms with Gasteiger partial charge in [0.1, 0.15) is 0 Å². The monoisotopic (exact) mass is 299 g/mol. The van der Waals surface area contributed by atoms with Gasteiger partial charge >= 0.3 is 0 Å². The first-order valence-electron chi connectivity index (χ1n) is 7.83. The summed E-state index contributed by atoms with van der Waals surface area (Å²) in [6.07, 6.45) is 4.87. The smallest absolute Gasteiger partial charge is 0.191 e. The van der Waals surface area contributed by atoms with Crippen molar-refractivity contribution in [3.8, 4) is 0 Å². The molecule has 2 aromatic rings. The third-order valence-electron chi connectivity index (χ3n) is 3.25. The molecule has 0 spiro atoms. The molecule has 0 saturated heterocycles. The van der Waals surface area contributed by atoms with Crippen LogP contribution in [-0.4, -0.2) is 35.4 Å². The van der Waals surface area contributed by atoms with E-state index in [2.05, 4.69) is 51.9 Å². The molecule has 5 heteroatoms. The van der Waals surface area contributed by atoms with Gasteiger partial charge in [-0.25, -0.2) is 0 Å².